The Kier molecular flexibility index (Phi) is 4.10. The summed E-state index contributed by atoms with van der Waals surface area (Å²) in [5.41, 5.74) is 3.23. The number of benzene rings is 1. The molecular weight excluding hydrogens is 328 g/mol. The fourth-order valence-electron chi connectivity index (χ4n) is 2.55. The van der Waals surface area contributed by atoms with Crippen molar-refractivity contribution in [1.82, 2.24) is 9.97 Å². The summed E-state index contributed by atoms with van der Waals surface area (Å²) in [6.45, 7) is 6.20. The lowest BCUT2D eigenvalue weighted by Crippen LogP contribution is -2.21. The molecule has 0 spiro atoms. The van der Waals surface area contributed by atoms with Gasteiger partial charge in [-0.3, -0.25) is 0 Å². The molecule has 2 heterocycles. The Morgan fingerprint density at radius 2 is 1.86 bits per heavy atom. The van der Waals surface area contributed by atoms with Gasteiger partial charge in [0.15, 0.2) is 0 Å². The average molecular weight is 347 g/mol. The maximum atomic E-state index is 4.65. The van der Waals surface area contributed by atoms with Gasteiger partial charge in [0, 0.05) is 35.0 Å². The molecule has 4 nitrogen and oxygen atoms in total. The number of rotatable bonds is 3. The Morgan fingerprint density at radius 1 is 1.10 bits per heavy atom. The topological polar surface area (TPSA) is 41.1 Å². The average Bonchev–Trinajstić information content (AvgIpc) is 2.96. The van der Waals surface area contributed by atoms with Gasteiger partial charge in [-0.05, 0) is 50.5 Å². The van der Waals surface area contributed by atoms with Crippen molar-refractivity contribution in [3.8, 4) is 0 Å². The number of aryl methyl sites for hydroxylation is 2. The van der Waals surface area contributed by atoms with E-state index in [1.54, 1.807) is 0 Å². The van der Waals surface area contributed by atoms with Crippen LogP contribution >= 0.6 is 15.9 Å². The van der Waals surface area contributed by atoms with E-state index >= 15 is 0 Å². The lowest BCUT2D eigenvalue weighted by atomic mass is 10.2. The van der Waals surface area contributed by atoms with Crippen LogP contribution in [0.1, 0.15) is 24.1 Å². The molecule has 0 unspecified atom stereocenters. The van der Waals surface area contributed by atoms with E-state index < -0.39 is 0 Å². The highest BCUT2D eigenvalue weighted by Gasteiger charge is 2.16. The van der Waals surface area contributed by atoms with Crippen LogP contribution < -0.4 is 10.2 Å². The fourth-order valence-corrected chi connectivity index (χ4v) is 2.79. The third-order valence-corrected chi connectivity index (χ3v) is 4.55. The van der Waals surface area contributed by atoms with Crippen molar-refractivity contribution in [2.24, 2.45) is 0 Å². The minimum Gasteiger partial charge on any atom is -0.341 e. The zero-order valence-corrected chi connectivity index (χ0v) is 13.9. The zero-order chi connectivity index (χ0) is 14.8. The Bertz CT molecular complexity index is 651. The van der Waals surface area contributed by atoms with Gasteiger partial charge < -0.3 is 10.2 Å². The number of aromatic nitrogens is 2. The lowest BCUT2D eigenvalue weighted by molar-refractivity contribution is 0.891. The molecule has 0 bridgehead atoms. The molecule has 1 aromatic carbocycles. The molecular formula is C16H19BrN4. The summed E-state index contributed by atoms with van der Waals surface area (Å²) in [5, 5.41) is 3.38. The van der Waals surface area contributed by atoms with Crippen LogP contribution in [0.3, 0.4) is 0 Å². The van der Waals surface area contributed by atoms with E-state index in [1.165, 1.54) is 18.4 Å². The number of anilines is 3. The van der Waals surface area contributed by atoms with Crippen LogP contribution in [0.2, 0.25) is 0 Å². The van der Waals surface area contributed by atoms with Gasteiger partial charge in [0.1, 0.15) is 5.82 Å². The highest BCUT2D eigenvalue weighted by atomic mass is 79.9. The van der Waals surface area contributed by atoms with Crippen LogP contribution in [-0.4, -0.2) is 23.1 Å². The van der Waals surface area contributed by atoms with E-state index in [0.717, 1.165) is 40.7 Å². The van der Waals surface area contributed by atoms with Crippen LogP contribution in [0.5, 0.6) is 0 Å². The molecule has 1 aliphatic rings. The summed E-state index contributed by atoms with van der Waals surface area (Å²) in [6.07, 6.45) is 2.46. The van der Waals surface area contributed by atoms with Gasteiger partial charge in [0.2, 0.25) is 5.95 Å². The number of nitrogens with one attached hydrogen (secondary N) is 1. The van der Waals surface area contributed by atoms with E-state index in [2.05, 4.69) is 49.1 Å². The number of hydrogen-bond donors (Lipinski definition) is 1. The molecule has 5 heteroatoms. The van der Waals surface area contributed by atoms with Crippen molar-refractivity contribution in [3.63, 3.8) is 0 Å². The Balaban J connectivity index is 1.85. The molecule has 3 rings (SSSR count). The third-order valence-electron chi connectivity index (χ3n) is 3.66. The first-order chi connectivity index (χ1) is 10.1. The Hall–Kier alpha value is -1.62. The van der Waals surface area contributed by atoms with Crippen LogP contribution in [0.4, 0.5) is 17.5 Å². The molecule has 1 aliphatic heterocycles. The van der Waals surface area contributed by atoms with E-state index in [0.29, 0.717) is 0 Å². The van der Waals surface area contributed by atoms with Crippen LogP contribution in [0, 0.1) is 13.8 Å². The van der Waals surface area contributed by atoms with Crippen molar-refractivity contribution in [1.29, 1.82) is 0 Å². The minimum absolute atomic E-state index is 0.837. The molecule has 110 valence electrons. The van der Waals surface area contributed by atoms with Gasteiger partial charge >= 0.3 is 0 Å². The molecule has 0 aliphatic carbocycles. The van der Waals surface area contributed by atoms with E-state index in [-0.39, 0.29) is 0 Å². The second kappa shape index (κ2) is 6.02. The molecule has 1 aromatic heterocycles. The first-order valence-corrected chi connectivity index (χ1v) is 8.05. The van der Waals surface area contributed by atoms with Crippen molar-refractivity contribution in [3.05, 3.63) is 40.0 Å². The van der Waals surface area contributed by atoms with Crippen LogP contribution in [0.25, 0.3) is 0 Å². The second-order valence-corrected chi connectivity index (χ2v) is 6.33. The summed E-state index contributed by atoms with van der Waals surface area (Å²) in [6, 6.07) is 8.19. The predicted octanol–water partition coefficient (Wildman–Crippen LogP) is 4.20. The molecule has 0 atom stereocenters. The predicted molar refractivity (Wildman–Crippen MR) is 90.4 cm³/mol. The summed E-state index contributed by atoms with van der Waals surface area (Å²) < 4.78 is 1.12. The van der Waals surface area contributed by atoms with Gasteiger partial charge in [0.25, 0.3) is 0 Å². The van der Waals surface area contributed by atoms with Gasteiger partial charge in [-0.25, -0.2) is 4.98 Å². The van der Waals surface area contributed by atoms with Crippen molar-refractivity contribution < 1.29 is 0 Å². The number of nitrogens with zero attached hydrogens (tertiary/aromatic N) is 3. The SMILES string of the molecule is Cc1cc(Nc2ccc(Br)c(C)c2)nc(N2CCCC2)n1. The summed E-state index contributed by atoms with van der Waals surface area (Å²) >= 11 is 3.52. The van der Waals surface area contributed by atoms with Gasteiger partial charge in [-0.1, -0.05) is 15.9 Å². The Labute approximate surface area is 133 Å². The Morgan fingerprint density at radius 3 is 2.57 bits per heavy atom. The van der Waals surface area contributed by atoms with Gasteiger partial charge in [0.05, 0.1) is 0 Å². The quantitative estimate of drug-likeness (QED) is 0.904. The minimum atomic E-state index is 0.837. The lowest BCUT2D eigenvalue weighted by Gasteiger charge is -2.17. The summed E-state index contributed by atoms with van der Waals surface area (Å²) in [5.74, 6) is 1.69. The van der Waals surface area contributed by atoms with Crippen LogP contribution in [-0.2, 0) is 0 Å². The van der Waals surface area contributed by atoms with Crippen LogP contribution in [0.15, 0.2) is 28.7 Å². The zero-order valence-electron chi connectivity index (χ0n) is 12.4. The molecule has 0 amide bonds. The van der Waals surface area contributed by atoms with E-state index in [9.17, 15) is 0 Å². The first-order valence-electron chi connectivity index (χ1n) is 7.25. The third kappa shape index (κ3) is 3.35. The van der Waals surface area contributed by atoms with Crippen molar-refractivity contribution in [2.45, 2.75) is 26.7 Å². The van der Waals surface area contributed by atoms with Crippen molar-refractivity contribution in [2.75, 3.05) is 23.3 Å². The molecule has 1 saturated heterocycles. The molecule has 21 heavy (non-hydrogen) atoms. The maximum absolute atomic E-state index is 4.65. The molecule has 0 saturated carbocycles. The highest BCUT2D eigenvalue weighted by molar-refractivity contribution is 9.10. The summed E-state index contributed by atoms with van der Waals surface area (Å²) in [7, 11) is 0. The highest BCUT2D eigenvalue weighted by Crippen LogP contribution is 2.24. The number of hydrogen-bond acceptors (Lipinski definition) is 4. The van der Waals surface area contributed by atoms with Crippen molar-refractivity contribution >= 4 is 33.4 Å². The van der Waals surface area contributed by atoms with Gasteiger partial charge in [-0.15, -0.1) is 0 Å². The first kappa shape index (κ1) is 14.3. The summed E-state index contributed by atoms with van der Waals surface area (Å²) in [4.78, 5) is 11.5. The largest absolute Gasteiger partial charge is 0.341 e. The monoisotopic (exact) mass is 346 g/mol. The number of halogens is 1. The van der Waals surface area contributed by atoms with E-state index in [1.807, 2.05) is 25.1 Å². The van der Waals surface area contributed by atoms with E-state index in [4.69, 9.17) is 0 Å². The molecule has 0 radical (unpaired) electrons. The molecule has 1 N–H and O–H groups in total. The van der Waals surface area contributed by atoms with Gasteiger partial charge in [-0.2, -0.15) is 4.98 Å². The smallest absolute Gasteiger partial charge is 0.227 e. The molecule has 1 fully saturated rings. The normalized spacial score (nSPS) is 14.5. The maximum Gasteiger partial charge on any atom is 0.227 e. The fraction of sp³-hybridized carbons (Fsp3) is 0.375. The molecule has 2 aromatic rings. The second-order valence-electron chi connectivity index (χ2n) is 5.48. The standard InChI is InChI=1S/C16H19BrN4/c1-11-9-13(5-6-14(11)17)19-15-10-12(2)18-16(20-15)21-7-3-4-8-21/h5-6,9-10H,3-4,7-8H2,1-2H3,(H,18,19,20).